The number of ether oxygens (including phenoxy) is 2. The molecule has 198 valence electrons. The third-order valence-electron chi connectivity index (χ3n) is 6.65. The van der Waals surface area contributed by atoms with Gasteiger partial charge in [-0.3, -0.25) is 0 Å². The Bertz CT molecular complexity index is 1610. The monoisotopic (exact) mass is 538 g/mol. The van der Waals surface area contributed by atoms with Crippen molar-refractivity contribution in [1.29, 1.82) is 0 Å². The fourth-order valence-electron chi connectivity index (χ4n) is 4.70. The molecular weight excluding hydrogens is 510 g/mol. The predicted octanol–water partition coefficient (Wildman–Crippen LogP) is 6.10. The van der Waals surface area contributed by atoms with E-state index in [9.17, 15) is 13.0 Å². The third kappa shape index (κ3) is 5.26. The number of fused-ring (bicyclic) bond motifs is 1. The van der Waals surface area contributed by atoms with Gasteiger partial charge in [0, 0.05) is 28.9 Å². The van der Waals surface area contributed by atoms with Crippen molar-refractivity contribution >= 4 is 32.2 Å². The van der Waals surface area contributed by atoms with Gasteiger partial charge in [-0.1, -0.05) is 6.42 Å². The summed E-state index contributed by atoms with van der Waals surface area (Å²) in [6.07, 6.45) is 8.73. The van der Waals surface area contributed by atoms with Gasteiger partial charge in [0.2, 0.25) is 5.88 Å². The lowest BCUT2D eigenvalue weighted by Crippen LogP contribution is -2.20. The summed E-state index contributed by atoms with van der Waals surface area (Å²) in [5.74, 6) is 2.74. The Hall–Kier alpha value is -3.79. The minimum Gasteiger partial charge on any atom is -0.488 e. The lowest BCUT2D eigenvalue weighted by molar-refractivity contribution is 0.157. The van der Waals surface area contributed by atoms with E-state index in [0.29, 0.717) is 17.4 Å². The zero-order valence-electron chi connectivity index (χ0n) is 21.2. The molecule has 1 fully saturated rings. The summed E-state index contributed by atoms with van der Waals surface area (Å²) in [6.45, 7) is 1.91. The highest BCUT2D eigenvalue weighted by Crippen LogP contribution is 2.37. The molecule has 1 N–H and O–H groups in total. The summed E-state index contributed by atoms with van der Waals surface area (Å²) in [5, 5.41) is 0.843. The zero-order valence-corrected chi connectivity index (χ0v) is 22.0. The molecular formula is C28H28F2N4O3S. The molecule has 1 aliphatic carbocycles. The van der Waals surface area contributed by atoms with E-state index in [1.54, 1.807) is 12.3 Å². The summed E-state index contributed by atoms with van der Waals surface area (Å²) >= 11 is 0. The van der Waals surface area contributed by atoms with Gasteiger partial charge < -0.3 is 14.2 Å². The van der Waals surface area contributed by atoms with E-state index < -0.39 is 21.3 Å². The van der Waals surface area contributed by atoms with Crippen LogP contribution in [0, 0.1) is 18.6 Å². The molecule has 0 spiro atoms. The molecule has 0 amide bonds. The van der Waals surface area contributed by atoms with Crippen LogP contribution in [0.15, 0.2) is 53.8 Å². The van der Waals surface area contributed by atoms with Crippen molar-refractivity contribution in [1.82, 2.24) is 15.0 Å². The Kier molecular flexibility index (Phi) is 7.16. The number of nitrogens with one attached hydrogen (secondary N) is 1. The van der Waals surface area contributed by atoms with Crippen LogP contribution in [0.1, 0.15) is 37.8 Å². The number of pyridine rings is 1. The smallest absolute Gasteiger partial charge is 0.238 e. The van der Waals surface area contributed by atoms with Crippen molar-refractivity contribution in [2.45, 2.75) is 50.0 Å². The number of methoxy groups -OCH3 is 1. The Morgan fingerprint density at radius 3 is 2.55 bits per heavy atom. The first-order valence-electron chi connectivity index (χ1n) is 12.3. The number of halogens is 2. The van der Waals surface area contributed by atoms with Crippen LogP contribution < -0.4 is 14.2 Å². The summed E-state index contributed by atoms with van der Waals surface area (Å²) in [4.78, 5) is 13.0. The highest BCUT2D eigenvalue weighted by molar-refractivity contribution is 8.01. The molecule has 0 radical (unpaired) electrons. The van der Waals surface area contributed by atoms with Crippen LogP contribution in [0.2, 0.25) is 0 Å². The first-order valence-corrected chi connectivity index (χ1v) is 14.0. The maximum absolute atomic E-state index is 14.4. The minimum atomic E-state index is -3.42. The Balaban J connectivity index is 1.57. The highest BCUT2D eigenvalue weighted by Gasteiger charge is 2.20. The first kappa shape index (κ1) is 25.8. The van der Waals surface area contributed by atoms with Crippen molar-refractivity contribution in [3.05, 3.63) is 66.3 Å². The third-order valence-corrected chi connectivity index (χ3v) is 8.24. The second-order valence-electron chi connectivity index (χ2n) is 9.34. The van der Waals surface area contributed by atoms with E-state index in [1.807, 2.05) is 19.1 Å². The second kappa shape index (κ2) is 10.5. The van der Waals surface area contributed by atoms with E-state index >= 15 is 0 Å². The van der Waals surface area contributed by atoms with E-state index in [1.165, 1.54) is 19.9 Å². The molecule has 4 aromatic rings. The number of aromatic nitrogens is 3. The molecule has 0 saturated heterocycles. The van der Waals surface area contributed by atoms with E-state index in [-0.39, 0.29) is 22.6 Å². The molecule has 1 saturated carbocycles. The number of anilines is 1. The van der Waals surface area contributed by atoms with E-state index in [2.05, 4.69) is 25.5 Å². The van der Waals surface area contributed by atoms with Crippen LogP contribution in [0.25, 0.3) is 22.0 Å². The average Bonchev–Trinajstić information content (AvgIpc) is 2.89. The van der Waals surface area contributed by atoms with Gasteiger partial charge in [0.15, 0.2) is 0 Å². The van der Waals surface area contributed by atoms with Crippen LogP contribution in [0.3, 0.4) is 0 Å². The normalized spacial score (nSPS) is 15.7. The average molecular weight is 539 g/mol. The van der Waals surface area contributed by atoms with Crippen molar-refractivity contribution < 1.29 is 22.5 Å². The van der Waals surface area contributed by atoms with Gasteiger partial charge in [-0.05, 0) is 74.4 Å². The minimum absolute atomic E-state index is 0.116. The fourth-order valence-corrected chi connectivity index (χ4v) is 5.97. The predicted molar refractivity (Wildman–Crippen MR) is 145 cm³/mol. The standard InChI is InChI=1S/C28H28F2N4O3S/c1-17-22-11-18(13-25(27(22)33-16-32-17)37-21-7-5-4-6-8-21)19-12-24(28(36-2)31-15-19)34-38(3,35)26-10-9-20(29)14-23(26)30/h9-16,21H,3-8H2,1-2H3,(H,34,35). The maximum atomic E-state index is 14.4. The van der Waals surface area contributed by atoms with Crippen LogP contribution >= 0.6 is 0 Å². The van der Waals surface area contributed by atoms with E-state index in [4.69, 9.17) is 9.47 Å². The first-order chi connectivity index (χ1) is 18.2. The van der Waals surface area contributed by atoms with Gasteiger partial charge in [-0.15, -0.1) is 0 Å². The number of rotatable bonds is 7. The van der Waals surface area contributed by atoms with Crippen molar-refractivity contribution in [3.63, 3.8) is 0 Å². The number of hydrogen-bond donors (Lipinski definition) is 1. The van der Waals surface area contributed by atoms with Gasteiger partial charge >= 0.3 is 0 Å². The Morgan fingerprint density at radius 2 is 1.82 bits per heavy atom. The molecule has 7 nitrogen and oxygen atoms in total. The van der Waals surface area contributed by atoms with Crippen molar-refractivity contribution in [2.75, 3.05) is 11.8 Å². The molecule has 2 heterocycles. The summed E-state index contributed by atoms with van der Waals surface area (Å²) in [5.41, 5.74) is 3.23. The largest absolute Gasteiger partial charge is 0.488 e. The highest BCUT2D eigenvalue weighted by atomic mass is 32.2. The summed E-state index contributed by atoms with van der Waals surface area (Å²) < 4.78 is 55.8. The molecule has 38 heavy (non-hydrogen) atoms. The molecule has 2 aromatic heterocycles. The summed E-state index contributed by atoms with van der Waals surface area (Å²) in [7, 11) is -2.00. The number of nitrogens with zero attached hydrogens (tertiary/aromatic N) is 3. The Labute approximate surface area is 220 Å². The van der Waals surface area contributed by atoms with Crippen LogP contribution in [0.4, 0.5) is 14.5 Å². The lowest BCUT2D eigenvalue weighted by Gasteiger charge is -2.24. The van der Waals surface area contributed by atoms with Gasteiger partial charge in [0.1, 0.15) is 34.9 Å². The quantitative estimate of drug-likeness (QED) is 0.286. The summed E-state index contributed by atoms with van der Waals surface area (Å²) in [6, 6.07) is 8.37. The lowest BCUT2D eigenvalue weighted by atomic mass is 9.97. The molecule has 1 atom stereocenters. The topological polar surface area (TPSA) is 86.2 Å². The molecule has 1 aliphatic rings. The second-order valence-corrected chi connectivity index (χ2v) is 11.3. The number of hydrogen-bond acceptors (Lipinski definition) is 6. The molecule has 0 aliphatic heterocycles. The molecule has 10 heteroatoms. The van der Waals surface area contributed by atoms with Gasteiger partial charge in [0.25, 0.3) is 0 Å². The molecule has 5 rings (SSSR count). The van der Waals surface area contributed by atoms with Gasteiger partial charge in [-0.2, -0.15) is 0 Å². The van der Waals surface area contributed by atoms with Crippen LogP contribution in [0.5, 0.6) is 11.6 Å². The number of benzene rings is 2. The molecule has 2 aromatic carbocycles. The maximum Gasteiger partial charge on any atom is 0.238 e. The van der Waals surface area contributed by atoms with Crippen LogP contribution in [-0.4, -0.2) is 38.2 Å². The fraction of sp³-hybridized carbons (Fsp3) is 0.286. The number of aryl methyl sites for hydroxylation is 1. The van der Waals surface area contributed by atoms with Crippen molar-refractivity contribution in [2.24, 2.45) is 0 Å². The Morgan fingerprint density at radius 1 is 1.03 bits per heavy atom. The SMILES string of the molecule is C=S(=O)(Nc1cc(-c2cc(OC3CCCCC3)c3ncnc(C)c3c2)cnc1OC)c1ccc(F)cc1F. The molecule has 1 unspecified atom stereocenters. The van der Waals surface area contributed by atoms with Gasteiger partial charge in [-0.25, -0.2) is 27.9 Å². The molecule has 0 bridgehead atoms. The van der Waals surface area contributed by atoms with Gasteiger partial charge in [0.05, 0.1) is 27.8 Å². The van der Waals surface area contributed by atoms with Crippen molar-refractivity contribution in [3.8, 4) is 22.8 Å². The van der Waals surface area contributed by atoms with E-state index in [0.717, 1.165) is 60.0 Å². The zero-order chi connectivity index (χ0) is 26.9. The van der Waals surface area contributed by atoms with Crippen LogP contribution in [-0.2, 0) is 9.71 Å².